The maximum atomic E-state index is 12.1. The lowest BCUT2D eigenvalue weighted by molar-refractivity contribution is -0.139. The number of aliphatic hydroxyl groups excluding tert-OH is 2. The number of ether oxygens (including phenoxy) is 3. The van der Waals surface area contributed by atoms with Crippen LogP contribution in [0.25, 0.3) is 22.3 Å². The van der Waals surface area contributed by atoms with Gasteiger partial charge >= 0.3 is 11.9 Å². The van der Waals surface area contributed by atoms with Crippen molar-refractivity contribution in [2.24, 2.45) is 5.41 Å². The first-order valence-electron chi connectivity index (χ1n) is 17.8. The molecular formula is C43H56O7. The molecule has 7 heteroatoms. The molecule has 0 saturated heterocycles. The highest BCUT2D eigenvalue weighted by Gasteiger charge is 2.28. The van der Waals surface area contributed by atoms with Crippen molar-refractivity contribution in [3.05, 3.63) is 101 Å². The average Bonchev–Trinajstić information content (AvgIpc) is 3.11. The molecule has 0 amide bonds. The summed E-state index contributed by atoms with van der Waals surface area (Å²) >= 11 is 0. The molecule has 0 saturated carbocycles. The van der Waals surface area contributed by atoms with Gasteiger partial charge in [-0.1, -0.05) is 81.5 Å². The molecule has 0 aromatic heterocycles. The SMILES string of the molecule is C=C(C)C(=O)OCCCc1cc(-c2ccc(-c3ccc(C)cc3)cc2CC)cc(CCCOC(=O)C(=C)C)c1OCCC(CO)(CO)CCC. The Morgan fingerprint density at radius 2 is 1.22 bits per heavy atom. The van der Waals surface area contributed by atoms with Crippen LogP contribution in [0.4, 0.5) is 0 Å². The highest BCUT2D eigenvalue weighted by atomic mass is 16.5. The number of rotatable bonds is 21. The maximum Gasteiger partial charge on any atom is 0.333 e. The molecule has 0 heterocycles. The van der Waals surface area contributed by atoms with E-state index in [-0.39, 0.29) is 26.4 Å². The second-order valence-corrected chi connectivity index (χ2v) is 13.4. The molecule has 3 aromatic rings. The molecule has 0 spiro atoms. The van der Waals surface area contributed by atoms with E-state index in [0.29, 0.717) is 56.3 Å². The molecule has 50 heavy (non-hydrogen) atoms. The Balaban J connectivity index is 2.06. The fourth-order valence-corrected chi connectivity index (χ4v) is 6.05. The number of hydrogen-bond acceptors (Lipinski definition) is 7. The second-order valence-electron chi connectivity index (χ2n) is 13.4. The van der Waals surface area contributed by atoms with E-state index in [9.17, 15) is 19.8 Å². The first-order chi connectivity index (χ1) is 24.0. The molecule has 0 unspecified atom stereocenters. The van der Waals surface area contributed by atoms with Crippen LogP contribution < -0.4 is 4.74 Å². The van der Waals surface area contributed by atoms with Gasteiger partial charge in [0.05, 0.1) is 33.0 Å². The number of aliphatic hydroxyl groups is 2. The second kappa shape index (κ2) is 19.9. The lowest BCUT2D eigenvalue weighted by Gasteiger charge is -2.30. The van der Waals surface area contributed by atoms with Gasteiger partial charge in [-0.3, -0.25) is 0 Å². The summed E-state index contributed by atoms with van der Waals surface area (Å²) in [6.07, 6.45) is 5.18. The quantitative estimate of drug-likeness (QED) is 0.0659. The molecule has 270 valence electrons. The third-order valence-electron chi connectivity index (χ3n) is 9.10. The molecule has 7 nitrogen and oxygen atoms in total. The molecule has 0 aliphatic carbocycles. The number of carbonyl (C=O) groups is 2. The zero-order chi connectivity index (χ0) is 36.7. The van der Waals surface area contributed by atoms with Crippen LogP contribution in [0.5, 0.6) is 5.75 Å². The minimum Gasteiger partial charge on any atom is -0.493 e. The van der Waals surface area contributed by atoms with Crippen molar-refractivity contribution in [3.63, 3.8) is 0 Å². The Bertz CT molecular complexity index is 1540. The summed E-state index contributed by atoms with van der Waals surface area (Å²) in [5.74, 6) is -0.0923. The van der Waals surface area contributed by atoms with Crippen LogP contribution >= 0.6 is 0 Å². The Hall–Kier alpha value is -4.20. The monoisotopic (exact) mass is 684 g/mol. The summed E-state index contributed by atoms with van der Waals surface area (Å²) in [5.41, 5.74) is 8.98. The van der Waals surface area contributed by atoms with Gasteiger partial charge in [0, 0.05) is 16.6 Å². The summed E-state index contributed by atoms with van der Waals surface area (Å²) in [6.45, 7) is 17.4. The third kappa shape index (κ3) is 11.4. The van der Waals surface area contributed by atoms with E-state index < -0.39 is 17.4 Å². The highest BCUT2D eigenvalue weighted by molar-refractivity contribution is 5.87. The van der Waals surface area contributed by atoms with Crippen LogP contribution in [0, 0.1) is 12.3 Å². The number of esters is 2. The minimum atomic E-state index is -0.627. The Morgan fingerprint density at radius 1 is 0.700 bits per heavy atom. The van der Waals surface area contributed by atoms with E-state index >= 15 is 0 Å². The zero-order valence-electron chi connectivity index (χ0n) is 30.7. The number of carbonyl (C=O) groups excluding carboxylic acids is 2. The first-order valence-corrected chi connectivity index (χ1v) is 17.8. The van der Waals surface area contributed by atoms with Gasteiger partial charge in [-0.25, -0.2) is 9.59 Å². The van der Waals surface area contributed by atoms with Crippen molar-refractivity contribution in [2.45, 2.75) is 86.0 Å². The van der Waals surface area contributed by atoms with Crippen molar-refractivity contribution < 1.29 is 34.0 Å². The van der Waals surface area contributed by atoms with Crippen LogP contribution in [0.2, 0.25) is 0 Å². The van der Waals surface area contributed by atoms with Crippen LogP contribution in [-0.4, -0.2) is 55.2 Å². The molecule has 3 aromatic carbocycles. The predicted molar refractivity (Wildman–Crippen MR) is 201 cm³/mol. The fourth-order valence-electron chi connectivity index (χ4n) is 6.05. The minimum absolute atomic E-state index is 0.125. The third-order valence-corrected chi connectivity index (χ3v) is 9.10. The van der Waals surface area contributed by atoms with Gasteiger partial charge in [0.1, 0.15) is 5.75 Å². The number of aryl methyl sites for hydroxylation is 4. The highest BCUT2D eigenvalue weighted by Crippen LogP contribution is 2.37. The molecular weight excluding hydrogens is 628 g/mol. The van der Waals surface area contributed by atoms with E-state index in [1.54, 1.807) is 13.8 Å². The largest absolute Gasteiger partial charge is 0.493 e. The lowest BCUT2D eigenvalue weighted by Crippen LogP contribution is -2.31. The molecule has 0 atom stereocenters. The average molecular weight is 685 g/mol. The van der Waals surface area contributed by atoms with Crippen molar-refractivity contribution in [2.75, 3.05) is 33.0 Å². The molecule has 0 radical (unpaired) electrons. The topological polar surface area (TPSA) is 102 Å². The predicted octanol–water partition coefficient (Wildman–Crippen LogP) is 8.54. The molecule has 0 bridgehead atoms. The summed E-state index contributed by atoms with van der Waals surface area (Å²) in [4.78, 5) is 24.2. The summed E-state index contributed by atoms with van der Waals surface area (Å²) < 4.78 is 17.4. The molecule has 0 aliphatic rings. The molecule has 0 fully saturated rings. The molecule has 3 rings (SSSR count). The van der Waals surface area contributed by atoms with E-state index in [2.05, 4.69) is 81.6 Å². The summed E-state index contributed by atoms with van der Waals surface area (Å²) in [6, 6.07) is 19.5. The summed E-state index contributed by atoms with van der Waals surface area (Å²) in [5, 5.41) is 20.3. The van der Waals surface area contributed by atoms with E-state index in [1.165, 1.54) is 16.7 Å². The van der Waals surface area contributed by atoms with Gasteiger partial charge < -0.3 is 24.4 Å². The molecule has 0 aliphatic heterocycles. The lowest BCUT2D eigenvalue weighted by atomic mass is 9.82. The smallest absolute Gasteiger partial charge is 0.333 e. The van der Waals surface area contributed by atoms with Crippen LogP contribution in [0.15, 0.2) is 78.9 Å². The normalized spacial score (nSPS) is 11.3. The number of hydrogen-bond donors (Lipinski definition) is 2. The standard InChI is InChI=1S/C43H56O7/c1-8-20-43(28-44,29-45)21-24-48-40-36(12-10-22-49-41(46)30(3)4)26-38(27-37(40)13-11-23-50-42(47)31(5)6)39-19-18-35(25-33(39)9-2)34-16-14-32(7)15-17-34/h14-19,25-27,44-45H,3,5,8-13,20-24,28-29H2,1-2,4,6-7H3. The van der Waals surface area contributed by atoms with Gasteiger partial charge in [-0.15, -0.1) is 0 Å². The van der Waals surface area contributed by atoms with E-state index in [0.717, 1.165) is 46.4 Å². The van der Waals surface area contributed by atoms with Gasteiger partial charge in [0.2, 0.25) is 0 Å². The van der Waals surface area contributed by atoms with Crippen molar-refractivity contribution in [3.8, 4) is 28.0 Å². The number of benzene rings is 3. The van der Waals surface area contributed by atoms with Gasteiger partial charge in [-0.05, 0) is 117 Å². The van der Waals surface area contributed by atoms with Crippen molar-refractivity contribution in [1.82, 2.24) is 0 Å². The molecule has 2 N–H and O–H groups in total. The van der Waals surface area contributed by atoms with Gasteiger partial charge in [-0.2, -0.15) is 0 Å². The Labute approximate surface area is 299 Å². The van der Waals surface area contributed by atoms with Crippen molar-refractivity contribution in [1.29, 1.82) is 0 Å². The van der Waals surface area contributed by atoms with Crippen LogP contribution in [0.3, 0.4) is 0 Å². The van der Waals surface area contributed by atoms with Crippen molar-refractivity contribution >= 4 is 11.9 Å². The first kappa shape index (κ1) is 40.2. The van der Waals surface area contributed by atoms with E-state index in [4.69, 9.17) is 14.2 Å². The van der Waals surface area contributed by atoms with Gasteiger partial charge in [0.15, 0.2) is 0 Å². The van der Waals surface area contributed by atoms with Gasteiger partial charge in [0.25, 0.3) is 0 Å². The van der Waals surface area contributed by atoms with E-state index in [1.807, 2.05) is 6.92 Å². The summed E-state index contributed by atoms with van der Waals surface area (Å²) in [7, 11) is 0. The fraction of sp³-hybridized carbons (Fsp3) is 0.442. The van der Waals surface area contributed by atoms with Crippen LogP contribution in [0.1, 0.15) is 82.1 Å². The zero-order valence-corrected chi connectivity index (χ0v) is 30.7. The Kier molecular flexibility index (Phi) is 16.0. The van der Waals surface area contributed by atoms with Crippen LogP contribution in [-0.2, 0) is 38.3 Å². The maximum absolute atomic E-state index is 12.1. The Morgan fingerprint density at radius 3 is 1.70 bits per heavy atom.